The van der Waals surface area contributed by atoms with Crippen LogP contribution in [0.1, 0.15) is 41.5 Å². The summed E-state index contributed by atoms with van der Waals surface area (Å²) in [5, 5.41) is 0. The number of allylic oxidation sites excluding steroid dienone is 3. The molecule has 0 rings (SSSR count). The van der Waals surface area contributed by atoms with Crippen molar-refractivity contribution in [1.82, 2.24) is 0 Å². The molecule has 0 spiro atoms. The standard InChI is InChI=1S/C14H26OSi/c1-12(2)16(13(3)4,14(5)6)11-9-7-8-10-15/h7-14H,1-6H3/b8-7+,11-9-. The molecule has 0 aliphatic heterocycles. The second-order valence-corrected chi connectivity index (χ2v) is 11.1. The van der Waals surface area contributed by atoms with Crippen LogP contribution in [0.4, 0.5) is 0 Å². The van der Waals surface area contributed by atoms with Crippen LogP contribution in [0.5, 0.6) is 0 Å². The van der Waals surface area contributed by atoms with E-state index in [1.54, 1.807) is 6.08 Å². The van der Waals surface area contributed by atoms with Gasteiger partial charge in [-0.25, -0.2) is 0 Å². The molecule has 0 saturated carbocycles. The van der Waals surface area contributed by atoms with Crippen molar-refractivity contribution in [3.8, 4) is 0 Å². The van der Waals surface area contributed by atoms with Crippen molar-refractivity contribution in [2.75, 3.05) is 0 Å². The Morgan fingerprint density at radius 3 is 1.50 bits per heavy atom. The van der Waals surface area contributed by atoms with Crippen LogP contribution in [0.2, 0.25) is 16.6 Å². The van der Waals surface area contributed by atoms with Gasteiger partial charge in [-0.2, -0.15) is 0 Å². The highest BCUT2D eigenvalue weighted by molar-refractivity contribution is 6.88. The summed E-state index contributed by atoms with van der Waals surface area (Å²) < 4.78 is 0. The van der Waals surface area contributed by atoms with Crippen LogP contribution in [0.3, 0.4) is 0 Å². The van der Waals surface area contributed by atoms with Crippen molar-refractivity contribution in [2.45, 2.75) is 58.2 Å². The molecule has 0 aliphatic rings. The molecule has 0 saturated heterocycles. The summed E-state index contributed by atoms with van der Waals surface area (Å²) in [6.45, 7) is 14.0. The van der Waals surface area contributed by atoms with Crippen molar-refractivity contribution in [2.24, 2.45) is 0 Å². The fourth-order valence-electron chi connectivity index (χ4n) is 2.91. The lowest BCUT2D eigenvalue weighted by Gasteiger charge is -2.40. The maximum absolute atomic E-state index is 10.2. The van der Waals surface area contributed by atoms with Crippen LogP contribution in [-0.2, 0) is 4.79 Å². The third kappa shape index (κ3) is 3.44. The zero-order valence-corrected chi connectivity index (χ0v) is 12.5. The first-order valence-corrected chi connectivity index (χ1v) is 8.50. The van der Waals surface area contributed by atoms with Gasteiger partial charge in [0.15, 0.2) is 0 Å². The van der Waals surface area contributed by atoms with Crippen molar-refractivity contribution >= 4 is 14.4 Å². The zero-order valence-electron chi connectivity index (χ0n) is 11.5. The van der Waals surface area contributed by atoms with Crippen LogP contribution in [0, 0.1) is 0 Å². The predicted molar refractivity (Wildman–Crippen MR) is 75.4 cm³/mol. The molecule has 0 bridgehead atoms. The maximum Gasteiger partial charge on any atom is 0.142 e. The second-order valence-electron chi connectivity index (χ2n) is 5.34. The van der Waals surface area contributed by atoms with Gasteiger partial charge in [0.05, 0.1) is 8.07 Å². The van der Waals surface area contributed by atoms with Gasteiger partial charge in [-0.3, -0.25) is 4.79 Å². The Balaban J connectivity index is 5.12. The molecule has 0 amide bonds. The molecule has 0 aliphatic carbocycles. The Hall–Kier alpha value is -0.633. The van der Waals surface area contributed by atoms with E-state index in [0.29, 0.717) is 0 Å². The van der Waals surface area contributed by atoms with Crippen molar-refractivity contribution < 1.29 is 4.79 Å². The van der Waals surface area contributed by atoms with Gasteiger partial charge in [-0.05, 0) is 22.7 Å². The van der Waals surface area contributed by atoms with Gasteiger partial charge in [0.2, 0.25) is 0 Å². The molecule has 0 aromatic heterocycles. The van der Waals surface area contributed by atoms with E-state index >= 15 is 0 Å². The fraction of sp³-hybridized carbons (Fsp3) is 0.643. The molecule has 92 valence electrons. The first-order chi connectivity index (χ1) is 7.39. The summed E-state index contributed by atoms with van der Waals surface area (Å²) in [6.07, 6.45) is 6.30. The Labute approximate surface area is 102 Å². The van der Waals surface area contributed by atoms with E-state index in [0.717, 1.165) is 22.9 Å². The van der Waals surface area contributed by atoms with E-state index in [4.69, 9.17) is 0 Å². The fourth-order valence-corrected chi connectivity index (χ4v) is 8.51. The summed E-state index contributed by atoms with van der Waals surface area (Å²) in [5.74, 6) is 0. The van der Waals surface area contributed by atoms with Gasteiger partial charge in [-0.1, -0.05) is 59.4 Å². The van der Waals surface area contributed by atoms with Crippen LogP contribution in [-0.4, -0.2) is 14.4 Å². The zero-order chi connectivity index (χ0) is 12.8. The summed E-state index contributed by atoms with van der Waals surface area (Å²) in [7, 11) is -1.43. The van der Waals surface area contributed by atoms with E-state index in [9.17, 15) is 4.79 Å². The number of hydrogen-bond acceptors (Lipinski definition) is 1. The van der Waals surface area contributed by atoms with Crippen LogP contribution >= 0.6 is 0 Å². The largest absolute Gasteiger partial charge is 0.299 e. The Bertz CT molecular complexity index is 240. The second kappa shape index (κ2) is 6.84. The lowest BCUT2D eigenvalue weighted by molar-refractivity contribution is -0.104. The quantitative estimate of drug-likeness (QED) is 0.288. The molecular weight excluding hydrogens is 212 g/mol. The van der Waals surface area contributed by atoms with Crippen LogP contribution in [0.25, 0.3) is 0 Å². The highest BCUT2D eigenvalue weighted by Crippen LogP contribution is 2.42. The smallest absolute Gasteiger partial charge is 0.142 e. The molecule has 1 nitrogen and oxygen atoms in total. The number of aldehydes is 1. The topological polar surface area (TPSA) is 17.1 Å². The van der Waals surface area contributed by atoms with Gasteiger partial charge < -0.3 is 0 Å². The Morgan fingerprint density at radius 1 is 0.750 bits per heavy atom. The minimum Gasteiger partial charge on any atom is -0.299 e. The summed E-state index contributed by atoms with van der Waals surface area (Å²) in [5.41, 5.74) is 4.60. The van der Waals surface area contributed by atoms with E-state index in [2.05, 4.69) is 53.3 Å². The van der Waals surface area contributed by atoms with Gasteiger partial charge >= 0.3 is 0 Å². The molecule has 0 aromatic carbocycles. The van der Waals surface area contributed by atoms with Gasteiger partial charge in [0.25, 0.3) is 0 Å². The molecular formula is C14H26OSi. The molecule has 0 radical (unpaired) electrons. The number of hydrogen-bond donors (Lipinski definition) is 0. The van der Waals surface area contributed by atoms with E-state index in [1.807, 2.05) is 6.08 Å². The van der Waals surface area contributed by atoms with E-state index in [1.165, 1.54) is 0 Å². The van der Waals surface area contributed by atoms with Gasteiger partial charge in [0.1, 0.15) is 6.29 Å². The maximum atomic E-state index is 10.2. The van der Waals surface area contributed by atoms with Gasteiger partial charge in [0, 0.05) is 0 Å². The number of carbonyl (C=O) groups excluding carboxylic acids is 1. The molecule has 0 heterocycles. The highest BCUT2D eigenvalue weighted by Gasteiger charge is 2.39. The molecule has 0 N–H and O–H groups in total. The Kier molecular flexibility index (Phi) is 6.57. The average molecular weight is 238 g/mol. The van der Waals surface area contributed by atoms with Crippen molar-refractivity contribution in [1.29, 1.82) is 0 Å². The van der Waals surface area contributed by atoms with Crippen LogP contribution < -0.4 is 0 Å². The lowest BCUT2D eigenvalue weighted by Crippen LogP contribution is -2.42. The van der Waals surface area contributed by atoms with Crippen molar-refractivity contribution in [3.05, 3.63) is 23.9 Å². The normalized spacial score (nSPS) is 13.8. The lowest BCUT2D eigenvalue weighted by atomic mass is 10.5. The first-order valence-electron chi connectivity index (χ1n) is 6.19. The van der Waals surface area contributed by atoms with Crippen LogP contribution in [0.15, 0.2) is 23.9 Å². The Morgan fingerprint density at radius 2 is 1.19 bits per heavy atom. The monoisotopic (exact) mass is 238 g/mol. The van der Waals surface area contributed by atoms with Crippen molar-refractivity contribution in [3.63, 3.8) is 0 Å². The minimum atomic E-state index is -1.43. The molecule has 0 aromatic rings. The highest BCUT2D eigenvalue weighted by atomic mass is 28.3. The number of rotatable bonds is 6. The summed E-state index contributed by atoms with van der Waals surface area (Å²) >= 11 is 0. The number of carbonyl (C=O) groups is 1. The molecule has 16 heavy (non-hydrogen) atoms. The predicted octanol–water partition coefficient (Wildman–Crippen LogP) is 4.52. The van der Waals surface area contributed by atoms with E-state index in [-0.39, 0.29) is 0 Å². The SMILES string of the molecule is CC(C)[Si](/C=C\C=C\C=O)(C(C)C)C(C)C. The summed E-state index contributed by atoms with van der Waals surface area (Å²) in [6, 6.07) is 0. The molecule has 0 unspecified atom stereocenters. The minimum absolute atomic E-state index is 0.730. The average Bonchev–Trinajstić information content (AvgIpc) is 2.16. The molecule has 0 atom stereocenters. The summed E-state index contributed by atoms with van der Waals surface area (Å²) in [4.78, 5) is 10.2. The molecule has 2 heteroatoms. The third-order valence-electron chi connectivity index (χ3n) is 3.69. The third-order valence-corrected chi connectivity index (χ3v) is 10.5. The molecule has 0 fully saturated rings. The van der Waals surface area contributed by atoms with Gasteiger partial charge in [-0.15, -0.1) is 0 Å². The van der Waals surface area contributed by atoms with E-state index < -0.39 is 8.07 Å². The first kappa shape index (κ1) is 15.4.